The molecular formula is C19H18ClNO3. The quantitative estimate of drug-likeness (QED) is 0.924. The summed E-state index contributed by atoms with van der Waals surface area (Å²) in [5, 5.41) is 10.3. The Labute approximate surface area is 145 Å². The molecule has 1 amide bonds. The number of rotatable bonds is 4. The Balaban J connectivity index is 1.74. The predicted molar refractivity (Wildman–Crippen MR) is 92.0 cm³/mol. The van der Waals surface area contributed by atoms with Crippen LogP contribution >= 0.6 is 11.6 Å². The summed E-state index contributed by atoms with van der Waals surface area (Å²) in [7, 11) is 0. The third kappa shape index (κ3) is 3.44. The number of carbonyl (C=O) groups excluding carboxylic acids is 1. The molecule has 2 aromatic carbocycles. The number of aryl methyl sites for hydroxylation is 1. The number of hydrogen-bond acceptors (Lipinski definition) is 2. The van der Waals surface area contributed by atoms with Gasteiger partial charge in [0.2, 0.25) is 5.91 Å². The Morgan fingerprint density at radius 1 is 1.12 bits per heavy atom. The maximum absolute atomic E-state index is 12.6. The van der Waals surface area contributed by atoms with Crippen LogP contribution in [-0.2, 0) is 22.4 Å². The van der Waals surface area contributed by atoms with Crippen LogP contribution < -0.4 is 0 Å². The zero-order valence-corrected chi connectivity index (χ0v) is 13.9. The van der Waals surface area contributed by atoms with E-state index in [0.29, 0.717) is 24.4 Å². The number of nitrogens with zero attached hydrogens (tertiary/aromatic N) is 1. The van der Waals surface area contributed by atoms with Crippen molar-refractivity contribution in [2.24, 2.45) is 0 Å². The highest BCUT2D eigenvalue weighted by molar-refractivity contribution is 6.30. The molecule has 5 heteroatoms. The summed E-state index contributed by atoms with van der Waals surface area (Å²) in [6.45, 7) is 0.438. The number of fused-ring (bicyclic) bond motifs is 1. The van der Waals surface area contributed by atoms with Crippen LogP contribution in [0, 0.1) is 0 Å². The molecule has 0 aliphatic carbocycles. The third-order valence-corrected chi connectivity index (χ3v) is 4.63. The van der Waals surface area contributed by atoms with Crippen molar-refractivity contribution in [2.75, 3.05) is 6.54 Å². The number of aliphatic carboxylic acids is 1. The standard InChI is InChI=1S/C19H18ClNO3/c20-15-8-5-13(6-9-15)7-10-17(22)21-12-11-14-3-1-2-4-16(14)18(21)19(23)24/h1-6,8-9,18H,7,10-12H2,(H,23,24). The van der Waals surface area contributed by atoms with E-state index in [4.69, 9.17) is 11.6 Å². The average Bonchev–Trinajstić information content (AvgIpc) is 2.59. The maximum atomic E-state index is 12.6. The molecule has 4 nitrogen and oxygen atoms in total. The van der Waals surface area contributed by atoms with E-state index in [0.717, 1.165) is 16.7 Å². The second-order valence-electron chi connectivity index (χ2n) is 5.90. The van der Waals surface area contributed by atoms with Gasteiger partial charge in [0.25, 0.3) is 0 Å². The summed E-state index contributed by atoms with van der Waals surface area (Å²) in [5.41, 5.74) is 2.74. The van der Waals surface area contributed by atoms with Crippen molar-refractivity contribution in [1.82, 2.24) is 4.90 Å². The van der Waals surface area contributed by atoms with Gasteiger partial charge in [0.1, 0.15) is 0 Å². The molecule has 0 bridgehead atoms. The largest absolute Gasteiger partial charge is 0.479 e. The topological polar surface area (TPSA) is 57.6 Å². The molecule has 24 heavy (non-hydrogen) atoms. The Hall–Kier alpha value is -2.33. The van der Waals surface area contributed by atoms with Gasteiger partial charge in [-0.15, -0.1) is 0 Å². The van der Waals surface area contributed by atoms with Crippen molar-refractivity contribution >= 4 is 23.5 Å². The lowest BCUT2D eigenvalue weighted by atomic mass is 9.92. The van der Waals surface area contributed by atoms with E-state index < -0.39 is 12.0 Å². The van der Waals surface area contributed by atoms with Gasteiger partial charge in [-0.2, -0.15) is 0 Å². The normalized spacial score (nSPS) is 16.5. The van der Waals surface area contributed by atoms with Crippen LogP contribution in [0.15, 0.2) is 48.5 Å². The number of halogens is 1. The maximum Gasteiger partial charge on any atom is 0.331 e. The number of carbonyl (C=O) groups is 2. The smallest absolute Gasteiger partial charge is 0.331 e. The van der Waals surface area contributed by atoms with Gasteiger partial charge in [0.15, 0.2) is 6.04 Å². The zero-order chi connectivity index (χ0) is 17.1. The monoisotopic (exact) mass is 343 g/mol. The molecule has 0 aromatic heterocycles. The summed E-state index contributed by atoms with van der Waals surface area (Å²) in [4.78, 5) is 25.8. The third-order valence-electron chi connectivity index (χ3n) is 4.38. The van der Waals surface area contributed by atoms with Gasteiger partial charge in [-0.05, 0) is 41.7 Å². The SMILES string of the molecule is O=C(O)C1c2ccccc2CCN1C(=O)CCc1ccc(Cl)cc1. The lowest BCUT2D eigenvalue weighted by molar-refractivity contribution is -0.151. The van der Waals surface area contributed by atoms with Crippen molar-refractivity contribution in [3.05, 3.63) is 70.2 Å². The van der Waals surface area contributed by atoms with Crippen molar-refractivity contribution in [1.29, 1.82) is 0 Å². The fourth-order valence-electron chi connectivity index (χ4n) is 3.15. The second-order valence-corrected chi connectivity index (χ2v) is 6.34. The predicted octanol–water partition coefficient (Wildman–Crippen LogP) is 3.48. The first-order valence-electron chi connectivity index (χ1n) is 7.91. The van der Waals surface area contributed by atoms with E-state index in [2.05, 4.69) is 0 Å². The fourth-order valence-corrected chi connectivity index (χ4v) is 3.27. The van der Waals surface area contributed by atoms with Gasteiger partial charge in [-0.1, -0.05) is 48.0 Å². The minimum absolute atomic E-state index is 0.133. The summed E-state index contributed by atoms with van der Waals surface area (Å²) in [6.07, 6.45) is 1.54. The number of benzene rings is 2. The molecule has 1 aliphatic heterocycles. The van der Waals surface area contributed by atoms with Crippen molar-refractivity contribution < 1.29 is 14.7 Å². The molecule has 2 aromatic rings. The highest BCUT2D eigenvalue weighted by atomic mass is 35.5. The molecule has 1 aliphatic rings. The van der Waals surface area contributed by atoms with Gasteiger partial charge in [-0.3, -0.25) is 4.79 Å². The molecule has 1 atom stereocenters. The van der Waals surface area contributed by atoms with Gasteiger partial charge in [0, 0.05) is 18.0 Å². The van der Waals surface area contributed by atoms with E-state index >= 15 is 0 Å². The summed E-state index contributed by atoms with van der Waals surface area (Å²) in [6, 6.07) is 13.9. The van der Waals surface area contributed by atoms with E-state index in [-0.39, 0.29) is 12.3 Å². The molecule has 124 valence electrons. The second kappa shape index (κ2) is 7.05. The van der Waals surface area contributed by atoms with Gasteiger partial charge >= 0.3 is 5.97 Å². The number of carboxylic acid groups (broad SMARTS) is 1. The first-order chi connectivity index (χ1) is 11.6. The summed E-state index contributed by atoms with van der Waals surface area (Å²) in [5.74, 6) is -1.12. The van der Waals surface area contributed by atoms with Crippen LogP contribution in [0.25, 0.3) is 0 Å². The minimum atomic E-state index is -0.984. The van der Waals surface area contributed by atoms with Gasteiger partial charge in [0.05, 0.1) is 0 Å². The average molecular weight is 344 g/mol. The molecule has 1 heterocycles. The Morgan fingerprint density at radius 2 is 1.83 bits per heavy atom. The van der Waals surface area contributed by atoms with Crippen molar-refractivity contribution in [3.8, 4) is 0 Å². The molecule has 0 fully saturated rings. The van der Waals surface area contributed by atoms with Crippen LogP contribution in [0.4, 0.5) is 0 Å². The van der Waals surface area contributed by atoms with Crippen LogP contribution in [0.1, 0.15) is 29.2 Å². The van der Waals surface area contributed by atoms with Crippen LogP contribution in [-0.4, -0.2) is 28.4 Å². The molecular weight excluding hydrogens is 326 g/mol. The lowest BCUT2D eigenvalue weighted by Crippen LogP contribution is -2.43. The first kappa shape index (κ1) is 16.5. The molecule has 0 spiro atoms. The molecule has 0 radical (unpaired) electrons. The zero-order valence-electron chi connectivity index (χ0n) is 13.1. The summed E-state index contributed by atoms with van der Waals surface area (Å²) < 4.78 is 0. The van der Waals surface area contributed by atoms with E-state index in [1.165, 1.54) is 4.90 Å². The lowest BCUT2D eigenvalue weighted by Gasteiger charge is -2.34. The molecule has 0 saturated carbocycles. The van der Waals surface area contributed by atoms with Crippen LogP contribution in [0.3, 0.4) is 0 Å². The first-order valence-corrected chi connectivity index (χ1v) is 8.28. The molecule has 1 unspecified atom stereocenters. The number of hydrogen-bond donors (Lipinski definition) is 1. The van der Waals surface area contributed by atoms with Crippen molar-refractivity contribution in [3.63, 3.8) is 0 Å². The van der Waals surface area contributed by atoms with E-state index in [1.54, 1.807) is 18.2 Å². The Bertz CT molecular complexity index is 757. The fraction of sp³-hybridized carbons (Fsp3) is 0.263. The van der Waals surface area contributed by atoms with Gasteiger partial charge < -0.3 is 10.0 Å². The Kier molecular flexibility index (Phi) is 4.86. The summed E-state index contributed by atoms with van der Waals surface area (Å²) >= 11 is 5.86. The molecule has 3 rings (SSSR count). The highest BCUT2D eigenvalue weighted by Gasteiger charge is 2.35. The highest BCUT2D eigenvalue weighted by Crippen LogP contribution is 2.30. The van der Waals surface area contributed by atoms with Crippen molar-refractivity contribution in [2.45, 2.75) is 25.3 Å². The van der Waals surface area contributed by atoms with Crippen LogP contribution in [0.5, 0.6) is 0 Å². The minimum Gasteiger partial charge on any atom is -0.479 e. The number of carboxylic acids is 1. The molecule has 0 saturated heterocycles. The molecule has 1 N–H and O–H groups in total. The van der Waals surface area contributed by atoms with E-state index in [9.17, 15) is 14.7 Å². The number of amides is 1. The Morgan fingerprint density at radius 3 is 2.54 bits per heavy atom. The van der Waals surface area contributed by atoms with Gasteiger partial charge in [-0.25, -0.2) is 4.79 Å². The van der Waals surface area contributed by atoms with E-state index in [1.807, 2.05) is 30.3 Å². The van der Waals surface area contributed by atoms with Crippen LogP contribution in [0.2, 0.25) is 5.02 Å².